The first-order valence-corrected chi connectivity index (χ1v) is 12.7. The molecule has 176 valence electrons. The predicted octanol–water partition coefficient (Wildman–Crippen LogP) is 4.62. The first kappa shape index (κ1) is 24.7. The first-order chi connectivity index (χ1) is 15.2. The van der Waals surface area contributed by atoms with Crippen molar-refractivity contribution in [1.29, 1.82) is 0 Å². The molecule has 1 aliphatic rings. The number of nitrogens with zero attached hydrogens (tertiary/aromatic N) is 1. The minimum absolute atomic E-state index is 0.0850. The zero-order valence-corrected chi connectivity index (χ0v) is 20.3. The van der Waals surface area contributed by atoms with Gasteiger partial charge in [0.2, 0.25) is 0 Å². The van der Waals surface area contributed by atoms with Crippen molar-refractivity contribution in [3.05, 3.63) is 59.2 Å². The molecule has 2 aromatic rings. The summed E-state index contributed by atoms with van der Waals surface area (Å²) in [5.41, 5.74) is 3.61. The van der Waals surface area contributed by atoms with Crippen molar-refractivity contribution in [1.82, 2.24) is 5.32 Å². The molecule has 32 heavy (non-hydrogen) atoms. The Morgan fingerprint density at radius 3 is 2.50 bits per heavy atom. The van der Waals surface area contributed by atoms with Gasteiger partial charge in [0.25, 0.3) is 10.0 Å². The molecule has 1 N–H and O–H groups in total. The molecule has 1 saturated heterocycles. The summed E-state index contributed by atoms with van der Waals surface area (Å²) in [6.45, 7) is 10.3. The average molecular weight is 463 g/mol. The highest BCUT2D eigenvalue weighted by molar-refractivity contribution is 7.92. The summed E-state index contributed by atoms with van der Waals surface area (Å²) >= 11 is 0. The molecule has 1 aliphatic heterocycles. The lowest BCUT2D eigenvalue weighted by Crippen LogP contribution is -2.39. The van der Waals surface area contributed by atoms with E-state index in [0.717, 1.165) is 29.7 Å². The van der Waals surface area contributed by atoms with Crippen molar-refractivity contribution in [2.75, 3.05) is 30.5 Å². The maximum absolute atomic E-state index is 13.9. The molecular formula is C25H35FN2O3S. The van der Waals surface area contributed by atoms with Gasteiger partial charge in [-0.05, 0) is 62.1 Å². The number of benzene rings is 2. The van der Waals surface area contributed by atoms with Crippen molar-refractivity contribution in [3.8, 4) is 0 Å². The maximum Gasteiger partial charge on any atom is 0.264 e. The molecule has 2 aromatic carbocycles. The van der Waals surface area contributed by atoms with Crippen LogP contribution < -0.4 is 9.62 Å². The van der Waals surface area contributed by atoms with Gasteiger partial charge in [-0.3, -0.25) is 4.31 Å². The zero-order valence-electron chi connectivity index (χ0n) is 19.5. The Kier molecular flexibility index (Phi) is 8.31. The Balaban J connectivity index is 1.73. The molecule has 0 radical (unpaired) electrons. The van der Waals surface area contributed by atoms with E-state index in [1.54, 1.807) is 24.3 Å². The maximum atomic E-state index is 13.9. The smallest absolute Gasteiger partial charge is 0.264 e. The van der Waals surface area contributed by atoms with Crippen LogP contribution in [0, 0.1) is 25.7 Å². The Bertz CT molecular complexity index is 993. The molecule has 0 bridgehead atoms. The molecule has 0 spiro atoms. The summed E-state index contributed by atoms with van der Waals surface area (Å²) in [6, 6.07) is 12.6. The van der Waals surface area contributed by atoms with Gasteiger partial charge < -0.3 is 10.1 Å². The third kappa shape index (κ3) is 6.09. The lowest BCUT2D eigenvalue weighted by atomic mass is 9.97. The number of halogens is 1. The van der Waals surface area contributed by atoms with Gasteiger partial charge in [-0.25, -0.2) is 12.8 Å². The quantitative estimate of drug-likeness (QED) is 0.591. The third-order valence-electron chi connectivity index (χ3n) is 5.81. The van der Waals surface area contributed by atoms with Crippen molar-refractivity contribution < 1.29 is 17.5 Å². The minimum atomic E-state index is -3.71. The van der Waals surface area contributed by atoms with Gasteiger partial charge in [-0.1, -0.05) is 43.7 Å². The van der Waals surface area contributed by atoms with E-state index >= 15 is 0 Å². The number of ether oxygens (including phenoxy) is 1. The van der Waals surface area contributed by atoms with E-state index < -0.39 is 16.2 Å². The summed E-state index contributed by atoms with van der Waals surface area (Å²) in [4.78, 5) is 0.254. The van der Waals surface area contributed by atoms with Crippen molar-refractivity contribution in [2.24, 2.45) is 11.8 Å². The summed E-state index contributed by atoms with van der Waals surface area (Å²) in [5.74, 6) is 0.0886. The highest BCUT2D eigenvalue weighted by atomic mass is 32.2. The van der Waals surface area contributed by atoms with E-state index in [9.17, 15) is 12.8 Å². The second kappa shape index (κ2) is 10.8. The molecule has 1 heterocycles. The SMILES string of the molecule is Cc1ccc(N(CC(C)C)S(=O)(=O)c2ccc(COCC3CCNCC3F)cc2)c(C)c1. The van der Waals surface area contributed by atoms with Gasteiger partial charge in [0.15, 0.2) is 0 Å². The molecule has 5 nitrogen and oxygen atoms in total. The van der Waals surface area contributed by atoms with E-state index in [2.05, 4.69) is 5.32 Å². The molecular weight excluding hydrogens is 427 g/mol. The third-order valence-corrected chi connectivity index (χ3v) is 7.60. The summed E-state index contributed by atoms with van der Waals surface area (Å²) in [6.07, 6.45) is -0.115. The number of aryl methyl sites for hydroxylation is 2. The van der Waals surface area contributed by atoms with Gasteiger partial charge in [-0.15, -0.1) is 0 Å². The highest BCUT2D eigenvalue weighted by Gasteiger charge is 2.27. The number of hydrogen-bond acceptors (Lipinski definition) is 4. The van der Waals surface area contributed by atoms with Crippen LogP contribution in [0.3, 0.4) is 0 Å². The Morgan fingerprint density at radius 1 is 1.16 bits per heavy atom. The Hall–Kier alpha value is -1.96. The normalized spacial score (nSPS) is 19.3. The molecule has 2 unspecified atom stereocenters. The molecule has 3 rings (SSSR count). The zero-order chi connectivity index (χ0) is 23.3. The van der Waals surface area contributed by atoms with Crippen LogP contribution in [0.1, 0.15) is 37.0 Å². The summed E-state index contributed by atoms with van der Waals surface area (Å²) in [7, 11) is -3.71. The Labute approximate surface area is 192 Å². The van der Waals surface area contributed by atoms with Crippen LogP contribution in [0.25, 0.3) is 0 Å². The van der Waals surface area contributed by atoms with Crippen molar-refractivity contribution in [3.63, 3.8) is 0 Å². The number of rotatable bonds is 9. The number of hydrogen-bond donors (Lipinski definition) is 1. The molecule has 0 aromatic heterocycles. The average Bonchev–Trinajstić information content (AvgIpc) is 2.74. The van der Waals surface area contributed by atoms with Crippen LogP contribution in [-0.2, 0) is 21.4 Å². The van der Waals surface area contributed by atoms with E-state index in [1.165, 1.54) is 4.31 Å². The van der Waals surface area contributed by atoms with Crippen LogP contribution in [0.5, 0.6) is 0 Å². The van der Waals surface area contributed by atoms with Crippen LogP contribution >= 0.6 is 0 Å². The molecule has 2 atom stereocenters. The molecule has 0 aliphatic carbocycles. The van der Waals surface area contributed by atoms with Crippen LogP contribution in [0.2, 0.25) is 0 Å². The van der Waals surface area contributed by atoms with Crippen LogP contribution in [0.15, 0.2) is 47.4 Å². The van der Waals surface area contributed by atoms with Gasteiger partial charge in [0.05, 0.1) is 23.8 Å². The van der Waals surface area contributed by atoms with Gasteiger partial charge in [0.1, 0.15) is 6.17 Å². The predicted molar refractivity (Wildman–Crippen MR) is 127 cm³/mol. The van der Waals surface area contributed by atoms with E-state index in [-0.39, 0.29) is 16.7 Å². The number of nitrogens with one attached hydrogen (secondary N) is 1. The van der Waals surface area contributed by atoms with Crippen molar-refractivity contribution >= 4 is 15.7 Å². The van der Waals surface area contributed by atoms with Crippen LogP contribution in [-0.4, -0.2) is 40.8 Å². The monoisotopic (exact) mass is 462 g/mol. The lowest BCUT2D eigenvalue weighted by molar-refractivity contribution is 0.0412. The van der Waals surface area contributed by atoms with Gasteiger partial charge in [0, 0.05) is 19.0 Å². The standard InChI is InChI=1S/C25H35FN2O3S/c1-18(2)15-28(25-10-5-19(3)13-20(25)4)32(29,30)23-8-6-21(7-9-23)16-31-17-22-11-12-27-14-24(22)26/h5-10,13,18,22,24,27H,11-12,14-17H2,1-4H3. The van der Waals surface area contributed by atoms with E-state index in [1.807, 2.05) is 45.9 Å². The minimum Gasteiger partial charge on any atom is -0.376 e. The summed E-state index contributed by atoms with van der Waals surface area (Å²) < 4.78 is 48.2. The highest BCUT2D eigenvalue weighted by Crippen LogP contribution is 2.29. The van der Waals surface area contributed by atoms with Crippen LogP contribution in [0.4, 0.5) is 10.1 Å². The fourth-order valence-corrected chi connectivity index (χ4v) is 5.71. The van der Waals surface area contributed by atoms with Crippen molar-refractivity contribution in [2.45, 2.75) is 51.8 Å². The number of piperidine rings is 1. The largest absolute Gasteiger partial charge is 0.376 e. The van der Waals surface area contributed by atoms with Gasteiger partial charge in [-0.2, -0.15) is 0 Å². The second-order valence-electron chi connectivity index (χ2n) is 9.15. The van der Waals surface area contributed by atoms with E-state index in [4.69, 9.17) is 4.74 Å². The molecule has 1 fully saturated rings. The molecule has 0 saturated carbocycles. The fourth-order valence-electron chi connectivity index (χ4n) is 4.02. The second-order valence-corrected chi connectivity index (χ2v) is 11.0. The fraction of sp³-hybridized carbons (Fsp3) is 0.520. The topological polar surface area (TPSA) is 58.6 Å². The number of alkyl halides is 1. The number of sulfonamides is 1. The first-order valence-electron chi connectivity index (χ1n) is 11.3. The molecule has 0 amide bonds. The number of anilines is 1. The van der Waals surface area contributed by atoms with Gasteiger partial charge >= 0.3 is 0 Å². The molecule has 7 heteroatoms. The summed E-state index contributed by atoms with van der Waals surface area (Å²) in [5, 5.41) is 3.04. The Morgan fingerprint density at radius 2 is 1.88 bits per heavy atom. The van der Waals surface area contributed by atoms with E-state index in [0.29, 0.717) is 32.0 Å². The lowest BCUT2D eigenvalue weighted by Gasteiger charge is -2.28.